The van der Waals surface area contributed by atoms with Crippen LogP contribution in [0.2, 0.25) is 6.32 Å². The van der Waals surface area contributed by atoms with Gasteiger partial charge in [0.05, 0.1) is 0 Å². The number of Topliss-reactive ketones (excluding diaryl/α,β-unsaturated/α-hetero) is 2. The average molecular weight is 186 g/mol. The van der Waals surface area contributed by atoms with Crippen LogP contribution >= 0.6 is 0 Å². The zero-order valence-corrected chi connectivity index (χ0v) is 7.90. The van der Waals surface area contributed by atoms with E-state index in [0.717, 1.165) is 19.2 Å². The summed E-state index contributed by atoms with van der Waals surface area (Å²) in [6.45, 7) is 0. The van der Waals surface area contributed by atoms with Crippen molar-refractivity contribution in [2.24, 2.45) is 0 Å². The van der Waals surface area contributed by atoms with Gasteiger partial charge in [-0.1, -0.05) is 36.7 Å². The SMILES string of the molecule is O=C1CCBC(c2ccccc2)C1=O. The molecular weight excluding hydrogens is 175 g/mol. The molecule has 1 saturated heterocycles. The van der Waals surface area contributed by atoms with Crippen molar-refractivity contribution in [3.8, 4) is 0 Å². The van der Waals surface area contributed by atoms with Gasteiger partial charge in [0.15, 0.2) is 11.6 Å². The summed E-state index contributed by atoms with van der Waals surface area (Å²) in [5, 5.41) is 0. The molecule has 0 radical (unpaired) electrons. The summed E-state index contributed by atoms with van der Waals surface area (Å²) in [5.41, 5.74) is 0.977. The molecule has 1 unspecified atom stereocenters. The minimum atomic E-state index is -0.206. The highest BCUT2D eigenvalue weighted by Crippen LogP contribution is 2.22. The zero-order valence-electron chi connectivity index (χ0n) is 7.90. The number of rotatable bonds is 1. The first-order valence-corrected chi connectivity index (χ1v) is 4.91. The van der Waals surface area contributed by atoms with Gasteiger partial charge in [0.1, 0.15) is 7.28 Å². The molecule has 70 valence electrons. The Hall–Kier alpha value is -1.38. The van der Waals surface area contributed by atoms with Crippen molar-refractivity contribution in [1.29, 1.82) is 0 Å². The molecule has 1 atom stereocenters. The third-order valence-electron chi connectivity index (χ3n) is 2.69. The van der Waals surface area contributed by atoms with Crippen LogP contribution in [0.15, 0.2) is 30.3 Å². The first-order chi connectivity index (χ1) is 6.79. The third kappa shape index (κ3) is 1.62. The molecule has 1 aromatic rings. The van der Waals surface area contributed by atoms with Crippen LogP contribution in [0.1, 0.15) is 17.8 Å². The predicted octanol–water partition coefficient (Wildman–Crippen LogP) is 1.12. The van der Waals surface area contributed by atoms with Crippen LogP contribution in [0.25, 0.3) is 0 Å². The van der Waals surface area contributed by atoms with E-state index in [2.05, 4.69) is 0 Å². The van der Waals surface area contributed by atoms with Gasteiger partial charge in [-0.3, -0.25) is 9.59 Å². The number of hydrogen-bond donors (Lipinski definition) is 0. The van der Waals surface area contributed by atoms with Crippen LogP contribution in [0, 0.1) is 0 Å². The number of ketones is 2. The monoisotopic (exact) mass is 186 g/mol. The van der Waals surface area contributed by atoms with E-state index < -0.39 is 0 Å². The highest BCUT2D eigenvalue weighted by molar-refractivity contribution is 6.58. The van der Waals surface area contributed by atoms with Gasteiger partial charge in [0, 0.05) is 12.2 Å². The van der Waals surface area contributed by atoms with Crippen molar-refractivity contribution >= 4 is 18.8 Å². The van der Waals surface area contributed by atoms with Gasteiger partial charge in [-0.25, -0.2) is 0 Å². The number of benzene rings is 1. The maximum atomic E-state index is 11.6. The Balaban J connectivity index is 2.26. The van der Waals surface area contributed by atoms with Crippen LogP contribution in [0.4, 0.5) is 0 Å². The molecule has 1 heterocycles. The molecule has 0 N–H and O–H groups in total. The molecule has 0 bridgehead atoms. The van der Waals surface area contributed by atoms with Crippen LogP contribution in [-0.2, 0) is 9.59 Å². The maximum absolute atomic E-state index is 11.6. The number of hydrogen-bond acceptors (Lipinski definition) is 2. The first-order valence-electron chi connectivity index (χ1n) is 4.91. The molecule has 14 heavy (non-hydrogen) atoms. The fourth-order valence-corrected chi connectivity index (χ4v) is 1.92. The molecule has 2 nitrogen and oxygen atoms in total. The van der Waals surface area contributed by atoms with Crippen LogP contribution in [0.5, 0.6) is 0 Å². The Bertz CT molecular complexity index is 359. The van der Waals surface area contributed by atoms with Gasteiger partial charge < -0.3 is 0 Å². The second kappa shape index (κ2) is 3.78. The van der Waals surface area contributed by atoms with Gasteiger partial charge in [0.2, 0.25) is 0 Å². The van der Waals surface area contributed by atoms with Crippen LogP contribution < -0.4 is 0 Å². The molecule has 1 aromatic carbocycles. The summed E-state index contributed by atoms with van der Waals surface area (Å²) in [6.07, 6.45) is 1.27. The van der Waals surface area contributed by atoms with E-state index in [-0.39, 0.29) is 17.4 Å². The Morgan fingerprint density at radius 2 is 1.86 bits per heavy atom. The largest absolute Gasteiger partial charge is 0.291 e. The lowest BCUT2D eigenvalue weighted by Crippen LogP contribution is -2.31. The molecule has 1 aliphatic heterocycles. The molecule has 0 amide bonds. The molecule has 0 saturated carbocycles. The van der Waals surface area contributed by atoms with E-state index in [1.54, 1.807) is 0 Å². The van der Waals surface area contributed by atoms with Crippen LogP contribution in [-0.4, -0.2) is 18.8 Å². The zero-order chi connectivity index (χ0) is 9.97. The molecule has 0 spiro atoms. The van der Waals surface area contributed by atoms with E-state index in [1.165, 1.54) is 0 Å². The molecule has 1 aliphatic rings. The first kappa shape index (κ1) is 9.19. The van der Waals surface area contributed by atoms with Gasteiger partial charge in [-0.2, -0.15) is 0 Å². The van der Waals surface area contributed by atoms with Crippen molar-refractivity contribution in [2.45, 2.75) is 18.6 Å². The predicted molar refractivity (Wildman–Crippen MR) is 55.8 cm³/mol. The fourth-order valence-electron chi connectivity index (χ4n) is 1.92. The van der Waals surface area contributed by atoms with Gasteiger partial charge in [0.25, 0.3) is 0 Å². The number of carbonyl (C=O) groups is 2. The summed E-state index contributed by atoms with van der Waals surface area (Å²) in [7, 11) is 0.814. The molecule has 0 aliphatic carbocycles. The smallest absolute Gasteiger partial charge is 0.198 e. The lowest BCUT2D eigenvalue weighted by molar-refractivity contribution is -0.136. The summed E-state index contributed by atoms with van der Waals surface area (Å²) < 4.78 is 0. The number of carbonyl (C=O) groups excluding carboxylic acids is 2. The van der Waals surface area contributed by atoms with E-state index in [9.17, 15) is 9.59 Å². The quantitative estimate of drug-likeness (QED) is 0.486. The molecule has 1 fully saturated rings. The van der Waals surface area contributed by atoms with Gasteiger partial charge in [-0.05, 0) is 5.56 Å². The normalized spacial score (nSPS) is 21.9. The topological polar surface area (TPSA) is 34.1 Å². The minimum absolute atomic E-state index is 0.183. The highest BCUT2D eigenvalue weighted by atomic mass is 16.2. The van der Waals surface area contributed by atoms with Gasteiger partial charge >= 0.3 is 0 Å². The molecule has 2 rings (SSSR count). The van der Waals surface area contributed by atoms with Crippen molar-refractivity contribution < 1.29 is 9.59 Å². The summed E-state index contributed by atoms with van der Waals surface area (Å²) >= 11 is 0. The fraction of sp³-hybridized carbons (Fsp3) is 0.273. The van der Waals surface area contributed by atoms with E-state index in [4.69, 9.17) is 0 Å². The summed E-state index contributed by atoms with van der Waals surface area (Å²) in [5.74, 6) is -0.593. The van der Waals surface area contributed by atoms with E-state index >= 15 is 0 Å². The maximum Gasteiger partial charge on any atom is 0.198 e. The van der Waals surface area contributed by atoms with Gasteiger partial charge in [-0.15, -0.1) is 0 Å². The second-order valence-corrected chi connectivity index (χ2v) is 3.64. The van der Waals surface area contributed by atoms with Crippen molar-refractivity contribution in [1.82, 2.24) is 0 Å². The lowest BCUT2D eigenvalue weighted by atomic mass is 9.53. The molecular formula is C11H11BO2. The third-order valence-corrected chi connectivity index (χ3v) is 2.69. The Kier molecular flexibility index (Phi) is 2.48. The van der Waals surface area contributed by atoms with Crippen molar-refractivity contribution in [2.75, 3.05) is 0 Å². The van der Waals surface area contributed by atoms with Crippen LogP contribution in [0.3, 0.4) is 0 Å². The molecule has 0 aromatic heterocycles. The highest BCUT2D eigenvalue weighted by Gasteiger charge is 2.30. The Morgan fingerprint density at radius 3 is 2.57 bits per heavy atom. The van der Waals surface area contributed by atoms with E-state index in [0.29, 0.717) is 6.42 Å². The van der Waals surface area contributed by atoms with Crippen molar-refractivity contribution in [3.63, 3.8) is 0 Å². The van der Waals surface area contributed by atoms with E-state index in [1.807, 2.05) is 30.3 Å². The minimum Gasteiger partial charge on any atom is -0.291 e. The summed E-state index contributed by atoms with van der Waals surface area (Å²) in [4.78, 5) is 22.8. The Morgan fingerprint density at radius 1 is 1.14 bits per heavy atom. The van der Waals surface area contributed by atoms with Crippen molar-refractivity contribution in [3.05, 3.63) is 35.9 Å². The standard InChI is InChI=1S/C11H11BO2/c13-9-6-7-12-10(11(9)14)8-4-2-1-3-5-8/h1-5,10,12H,6-7H2. The Labute approximate surface area is 83.6 Å². The summed E-state index contributed by atoms with van der Waals surface area (Å²) in [6, 6.07) is 9.56. The second-order valence-electron chi connectivity index (χ2n) is 3.64. The lowest BCUT2D eigenvalue weighted by Gasteiger charge is -2.18. The molecule has 3 heteroatoms. The average Bonchev–Trinajstić information content (AvgIpc) is 2.23.